The molecule has 0 bridgehead atoms. The summed E-state index contributed by atoms with van der Waals surface area (Å²) in [6.45, 7) is 5.49. The van der Waals surface area contributed by atoms with Crippen molar-refractivity contribution in [3.05, 3.63) is 29.3 Å². The lowest BCUT2D eigenvalue weighted by molar-refractivity contribution is -0.00560. The lowest BCUT2D eigenvalue weighted by Gasteiger charge is -2.29. The van der Waals surface area contributed by atoms with E-state index in [9.17, 15) is 0 Å². The van der Waals surface area contributed by atoms with Crippen LogP contribution in [-0.4, -0.2) is 25.4 Å². The number of nitrogens with two attached hydrogens (primary N) is 1. The molecule has 0 saturated carbocycles. The van der Waals surface area contributed by atoms with E-state index in [2.05, 4.69) is 19.9 Å². The van der Waals surface area contributed by atoms with E-state index in [0.717, 1.165) is 18.8 Å². The van der Waals surface area contributed by atoms with E-state index in [4.69, 9.17) is 15.2 Å². The Hall–Kier alpha value is -1.06. The summed E-state index contributed by atoms with van der Waals surface area (Å²) in [7, 11) is 0. The Morgan fingerprint density at radius 3 is 2.94 bits per heavy atom. The van der Waals surface area contributed by atoms with Crippen molar-refractivity contribution in [2.24, 2.45) is 5.73 Å². The van der Waals surface area contributed by atoms with Crippen LogP contribution in [0.15, 0.2) is 18.2 Å². The van der Waals surface area contributed by atoms with Crippen molar-refractivity contribution < 1.29 is 9.47 Å². The smallest absolute Gasteiger partial charge is 0.137 e. The molecule has 2 N–H and O–H groups in total. The predicted octanol–water partition coefficient (Wildman–Crippen LogP) is 1.80. The second-order valence-corrected chi connectivity index (χ2v) is 4.38. The number of ether oxygens (including phenoxy) is 2. The Bertz CT molecular complexity index is 365. The Kier molecular flexibility index (Phi) is 3.46. The fourth-order valence-corrected chi connectivity index (χ4v) is 1.86. The normalized spacial score (nSPS) is 25.4. The molecule has 0 radical (unpaired) electrons. The zero-order valence-electron chi connectivity index (χ0n) is 9.90. The van der Waals surface area contributed by atoms with E-state index in [1.54, 1.807) is 0 Å². The van der Waals surface area contributed by atoms with Gasteiger partial charge in [0.25, 0.3) is 0 Å². The molecule has 2 unspecified atom stereocenters. The van der Waals surface area contributed by atoms with Gasteiger partial charge < -0.3 is 15.2 Å². The van der Waals surface area contributed by atoms with Crippen LogP contribution < -0.4 is 10.5 Å². The summed E-state index contributed by atoms with van der Waals surface area (Å²) in [6, 6.07) is 6.16. The summed E-state index contributed by atoms with van der Waals surface area (Å²) in [4.78, 5) is 0. The molecular formula is C13H19NO2. The maximum atomic E-state index is 6.01. The molecule has 88 valence electrons. The molecule has 1 aliphatic heterocycles. The highest BCUT2D eigenvalue weighted by molar-refractivity contribution is 5.38. The number of hydrogen-bond donors (Lipinski definition) is 1. The van der Waals surface area contributed by atoms with Crippen LogP contribution in [-0.2, 0) is 4.74 Å². The Morgan fingerprint density at radius 2 is 2.19 bits per heavy atom. The van der Waals surface area contributed by atoms with Gasteiger partial charge in [-0.2, -0.15) is 0 Å². The van der Waals surface area contributed by atoms with Crippen LogP contribution >= 0.6 is 0 Å². The van der Waals surface area contributed by atoms with Crippen LogP contribution in [0.1, 0.15) is 17.5 Å². The summed E-state index contributed by atoms with van der Waals surface area (Å²) in [5, 5.41) is 0. The monoisotopic (exact) mass is 221 g/mol. The molecule has 16 heavy (non-hydrogen) atoms. The van der Waals surface area contributed by atoms with Gasteiger partial charge in [-0.05, 0) is 37.5 Å². The van der Waals surface area contributed by atoms with Crippen molar-refractivity contribution in [1.29, 1.82) is 0 Å². The molecule has 0 spiro atoms. The van der Waals surface area contributed by atoms with Crippen molar-refractivity contribution in [3.8, 4) is 5.75 Å². The lowest BCUT2D eigenvalue weighted by Crippen LogP contribution is -2.46. The van der Waals surface area contributed by atoms with Gasteiger partial charge in [0, 0.05) is 12.6 Å². The van der Waals surface area contributed by atoms with E-state index in [0.29, 0.717) is 6.61 Å². The van der Waals surface area contributed by atoms with Gasteiger partial charge in [-0.25, -0.2) is 0 Å². The van der Waals surface area contributed by atoms with Crippen molar-refractivity contribution in [2.45, 2.75) is 32.4 Å². The Morgan fingerprint density at radius 1 is 1.38 bits per heavy atom. The Balaban J connectivity index is 2.10. The molecule has 1 heterocycles. The Labute approximate surface area is 96.5 Å². The van der Waals surface area contributed by atoms with Crippen molar-refractivity contribution in [3.63, 3.8) is 0 Å². The molecule has 0 aromatic heterocycles. The number of aryl methyl sites for hydroxylation is 1. The second-order valence-electron chi connectivity index (χ2n) is 4.38. The molecule has 2 atom stereocenters. The van der Waals surface area contributed by atoms with Crippen LogP contribution in [0.25, 0.3) is 0 Å². The third-order valence-corrected chi connectivity index (χ3v) is 3.19. The maximum Gasteiger partial charge on any atom is 0.137 e. The first kappa shape index (κ1) is 11.4. The molecule has 1 aromatic carbocycles. The molecule has 1 fully saturated rings. The third kappa shape index (κ3) is 2.36. The highest BCUT2D eigenvalue weighted by Gasteiger charge is 2.24. The topological polar surface area (TPSA) is 44.5 Å². The van der Waals surface area contributed by atoms with Crippen molar-refractivity contribution in [2.75, 3.05) is 13.2 Å². The molecule has 1 aromatic rings. The van der Waals surface area contributed by atoms with Gasteiger partial charge in [-0.3, -0.25) is 0 Å². The van der Waals surface area contributed by atoms with Gasteiger partial charge in [0.1, 0.15) is 11.9 Å². The van der Waals surface area contributed by atoms with Crippen LogP contribution in [0.2, 0.25) is 0 Å². The van der Waals surface area contributed by atoms with Gasteiger partial charge in [0.15, 0.2) is 0 Å². The summed E-state index contributed by atoms with van der Waals surface area (Å²) in [5.74, 6) is 0.922. The SMILES string of the molecule is Cc1cccc(OC2COCCC2N)c1C. The predicted molar refractivity (Wildman–Crippen MR) is 63.7 cm³/mol. The fourth-order valence-electron chi connectivity index (χ4n) is 1.86. The highest BCUT2D eigenvalue weighted by Crippen LogP contribution is 2.23. The van der Waals surface area contributed by atoms with Crippen LogP contribution in [0.3, 0.4) is 0 Å². The minimum Gasteiger partial charge on any atom is -0.486 e. The summed E-state index contributed by atoms with van der Waals surface area (Å²) < 4.78 is 11.3. The van der Waals surface area contributed by atoms with Gasteiger partial charge in [-0.15, -0.1) is 0 Å². The standard InChI is InChI=1S/C13H19NO2/c1-9-4-3-5-12(10(9)2)16-13-8-15-7-6-11(13)14/h3-5,11,13H,6-8,14H2,1-2H3. The number of hydrogen-bond acceptors (Lipinski definition) is 3. The summed E-state index contributed by atoms with van der Waals surface area (Å²) >= 11 is 0. The van der Waals surface area contributed by atoms with Gasteiger partial charge in [0.05, 0.1) is 6.61 Å². The van der Waals surface area contributed by atoms with Crippen LogP contribution in [0.5, 0.6) is 5.75 Å². The molecule has 3 heteroatoms. The minimum absolute atomic E-state index is 0.0192. The second kappa shape index (κ2) is 4.85. The van der Waals surface area contributed by atoms with Crippen molar-refractivity contribution in [1.82, 2.24) is 0 Å². The van der Waals surface area contributed by atoms with E-state index in [1.165, 1.54) is 11.1 Å². The third-order valence-electron chi connectivity index (χ3n) is 3.19. The van der Waals surface area contributed by atoms with E-state index in [1.807, 2.05) is 12.1 Å². The minimum atomic E-state index is -0.0192. The largest absolute Gasteiger partial charge is 0.486 e. The van der Waals surface area contributed by atoms with E-state index < -0.39 is 0 Å². The first-order chi connectivity index (χ1) is 7.68. The van der Waals surface area contributed by atoms with Crippen LogP contribution in [0, 0.1) is 13.8 Å². The highest BCUT2D eigenvalue weighted by atomic mass is 16.5. The lowest BCUT2D eigenvalue weighted by atomic mass is 10.1. The zero-order chi connectivity index (χ0) is 11.5. The molecular weight excluding hydrogens is 202 g/mol. The average molecular weight is 221 g/mol. The maximum absolute atomic E-state index is 6.01. The average Bonchev–Trinajstić information content (AvgIpc) is 2.28. The summed E-state index contributed by atoms with van der Waals surface area (Å²) in [6.07, 6.45) is 0.851. The van der Waals surface area contributed by atoms with Crippen LogP contribution in [0.4, 0.5) is 0 Å². The first-order valence-corrected chi connectivity index (χ1v) is 5.74. The number of rotatable bonds is 2. The van der Waals surface area contributed by atoms with Gasteiger partial charge in [0.2, 0.25) is 0 Å². The number of benzene rings is 1. The molecule has 3 nitrogen and oxygen atoms in total. The molecule has 1 aliphatic rings. The molecule has 1 saturated heterocycles. The fraction of sp³-hybridized carbons (Fsp3) is 0.538. The molecule has 0 aliphatic carbocycles. The van der Waals surface area contributed by atoms with Gasteiger partial charge >= 0.3 is 0 Å². The van der Waals surface area contributed by atoms with E-state index in [-0.39, 0.29) is 12.1 Å². The summed E-state index contributed by atoms with van der Waals surface area (Å²) in [5.41, 5.74) is 8.43. The first-order valence-electron chi connectivity index (χ1n) is 5.74. The van der Waals surface area contributed by atoms with Crippen molar-refractivity contribution >= 4 is 0 Å². The molecule has 0 amide bonds. The zero-order valence-corrected chi connectivity index (χ0v) is 9.90. The van der Waals surface area contributed by atoms with Gasteiger partial charge in [-0.1, -0.05) is 12.1 Å². The molecule has 2 rings (SSSR count). The van der Waals surface area contributed by atoms with E-state index >= 15 is 0 Å². The quantitative estimate of drug-likeness (QED) is 0.828.